The molecule has 1 saturated carbocycles. The lowest BCUT2D eigenvalue weighted by Crippen LogP contribution is -2.38. The summed E-state index contributed by atoms with van der Waals surface area (Å²) in [5.41, 5.74) is 0.828. The molecule has 1 fully saturated rings. The van der Waals surface area contributed by atoms with Crippen LogP contribution < -0.4 is 9.46 Å². The van der Waals surface area contributed by atoms with Gasteiger partial charge in [0.05, 0.1) is 12.4 Å². The molecule has 0 amide bonds. The third-order valence-corrected chi connectivity index (χ3v) is 5.27. The molecule has 0 unspecified atom stereocenters. The minimum atomic E-state index is -3.50. The molecule has 138 valence electrons. The number of benzene rings is 1. The Morgan fingerprint density at radius 3 is 2.38 bits per heavy atom. The van der Waals surface area contributed by atoms with Crippen LogP contribution >= 0.6 is 0 Å². The Bertz CT molecular complexity index is 834. The second-order valence-corrected chi connectivity index (χ2v) is 7.75. The molecular formula is C18H20FN3O3S. The van der Waals surface area contributed by atoms with Crippen molar-refractivity contribution in [2.45, 2.75) is 37.8 Å². The van der Waals surface area contributed by atoms with Crippen molar-refractivity contribution in [1.82, 2.24) is 14.7 Å². The molecule has 2 aromatic rings. The second-order valence-electron chi connectivity index (χ2n) is 6.15. The van der Waals surface area contributed by atoms with Gasteiger partial charge in [-0.3, -0.25) is 0 Å². The minimum Gasteiger partial charge on any atom is -0.460 e. The van der Waals surface area contributed by atoms with Crippen LogP contribution in [0, 0.1) is 5.82 Å². The van der Waals surface area contributed by atoms with Crippen molar-refractivity contribution >= 4 is 16.1 Å². The van der Waals surface area contributed by atoms with Crippen molar-refractivity contribution in [2.24, 2.45) is 0 Å². The molecule has 8 heteroatoms. The first-order chi connectivity index (χ1) is 12.5. The van der Waals surface area contributed by atoms with Crippen LogP contribution in [0.2, 0.25) is 0 Å². The fourth-order valence-electron chi connectivity index (χ4n) is 2.81. The molecule has 1 aromatic carbocycles. The monoisotopic (exact) mass is 377 g/mol. The van der Waals surface area contributed by atoms with E-state index in [1.165, 1.54) is 5.41 Å². The van der Waals surface area contributed by atoms with Crippen molar-refractivity contribution in [3.63, 3.8) is 0 Å². The van der Waals surface area contributed by atoms with Gasteiger partial charge in [-0.1, -0.05) is 30.3 Å². The number of aromatic nitrogens is 2. The second kappa shape index (κ2) is 8.37. The fourth-order valence-corrected chi connectivity index (χ4v) is 3.93. The number of halogens is 1. The zero-order valence-electron chi connectivity index (χ0n) is 14.1. The van der Waals surface area contributed by atoms with Gasteiger partial charge in [0.1, 0.15) is 6.10 Å². The van der Waals surface area contributed by atoms with E-state index in [1.807, 2.05) is 30.3 Å². The van der Waals surface area contributed by atoms with Crippen LogP contribution in [0.1, 0.15) is 31.2 Å². The first-order valence-corrected chi connectivity index (χ1v) is 9.94. The highest BCUT2D eigenvalue weighted by molar-refractivity contribution is 7.92. The van der Waals surface area contributed by atoms with E-state index in [0.29, 0.717) is 25.7 Å². The third-order valence-electron chi connectivity index (χ3n) is 4.11. The van der Waals surface area contributed by atoms with Gasteiger partial charge in [0.15, 0.2) is 5.82 Å². The molecule has 1 aliphatic rings. The van der Waals surface area contributed by atoms with Gasteiger partial charge in [-0.05, 0) is 37.3 Å². The number of ether oxygens (including phenoxy) is 1. The van der Waals surface area contributed by atoms with Gasteiger partial charge in [0, 0.05) is 11.4 Å². The first kappa shape index (κ1) is 18.5. The smallest absolute Gasteiger partial charge is 0.316 e. The van der Waals surface area contributed by atoms with Crippen LogP contribution in [-0.4, -0.2) is 30.5 Å². The van der Waals surface area contributed by atoms with E-state index in [1.54, 1.807) is 6.08 Å². The molecular weight excluding hydrogens is 357 g/mol. The predicted molar refractivity (Wildman–Crippen MR) is 96.2 cm³/mol. The zero-order chi connectivity index (χ0) is 18.4. The van der Waals surface area contributed by atoms with Gasteiger partial charge < -0.3 is 4.74 Å². The van der Waals surface area contributed by atoms with Crippen LogP contribution in [0.3, 0.4) is 0 Å². The topological polar surface area (TPSA) is 81.2 Å². The SMILES string of the molecule is O=S(=O)(/C=C/c1ccccc1)NC1CCC(Oc2ncc(F)cn2)CC1. The fraction of sp³-hybridized carbons (Fsp3) is 0.333. The largest absolute Gasteiger partial charge is 0.460 e. The predicted octanol–water partition coefficient (Wildman–Crippen LogP) is 2.90. The van der Waals surface area contributed by atoms with Crippen molar-refractivity contribution in [2.75, 3.05) is 0 Å². The Hall–Kier alpha value is -2.32. The van der Waals surface area contributed by atoms with Crippen LogP contribution in [0.15, 0.2) is 48.1 Å². The maximum Gasteiger partial charge on any atom is 0.316 e. The summed E-state index contributed by atoms with van der Waals surface area (Å²) in [7, 11) is -3.50. The molecule has 1 aliphatic carbocycles. The van der Waals surface area contributed by atoms with E-state index in [0.717, 1.165) is 18.0 Å². The summed E-state index contributed by atoms with van der Waals surface area (Å²) < 4.78 is 45.5. The average molecular weight is 377 g/mol. The van der Waals surface area contributed by atoms with Crippen LogP contribution in [-0.2, 0) is 10.0 Å². The summed E-state index contributed by atoms with van der Waals surface area (Å²) in [6.45, 7) is 0. The molecule has 1 heterocycles. The summed E-state index contributed by atoms with van der Waals surface area (Å²) in [4.78, 5) is 7.55. The molecule has 0 radical (unpaired) electrons. The highest BCUT2D eigenvalue weighted by atomic mass is 32.2. The number of nitrogens with one attached hydrogen (secondary N) is 1. The number of hydrogen-bond acceptors (Lipinski definition) is 5. The quantitative estimate of drug-likeness (QED) is 0.837. The van der Waals surface area contributed by atoms with E-state index in [-0.39, 0.29) is 18.2 Å². The molecule has 1 N–H and O–H groups in total. The van der Waals surface area contributed by atoms with Gasteiger partial charge in [-0.15, -0.1) is 0 Å². The molecule has 6 nitrogen and oxygen atoms in total. The lowest BCUT2D eigenvalue weighted by atomic mass is 9.94. The number of sulfonamides is 1. The average Bonchev–Trinajstić information content (AvgIpc) is 2.64. The Balaban J connectivity index is 1.48. The van der Waals surface area contributed by atoms with Crippen LogP contribution in [0.5, 0.6) is 6.01 Å². The van der Waals surface area contributed by atoms with Crippen molar-refractivity contribution in [3.8, 4) is 6.01 Å². The lowest BCUT2D eigenvalue weighted by Gasteiger charge is -2.28. The van der Waals surface area contributed by atoms with E-state index in [9.17, 15) is 12.8 Å². The van der Waals surface area contributed by atoms with E-state index < -0.39 is 15.8 Å². The van der Waals surface area contributed by atoms with Crippen molar-refractivity contribution < 1.29 is 17.5 Å². The van der Waals surface area contributed by atoms with Gasteiger partial charge in [-0.2, -0.15) is 0 Å². The highest BCUT2D eigenvalue weighted by Gasteiger charge is 2.25. The summed E-state index contributed by atoms with van der Waals surface area (Å²) in [6.07, 6.45) is 6.26. The van der Waals surface area contributed by atoms with Crippen molar-refractivity contribution in [1.29, 1.82) is 0 Å². The summed E-state index contributed by atoms with van der Waals surface area (Å²) >= 11 is 0. The molecule has 1 aromatic heterocycles. The summed E-state index contributed by atoms with van der Waals surface area (Å²) in [5.74, 6) is -0.515. The number of nitrogens with zero attached hydrogens (tertiary/aromatic N) is 2. The maximum atomic E-state index is 12.8. The summed E-state index contributed by atoms with van der Waals surface area (Å²) in [6, 6.07) is 9.27. The standard InChI is InChI=1S/C18H20FN3O3S/c19-15-12-20-18(21-13-15)25-17-8-6-16(7-9-17)22-26(23,24)11-10-14-4-2-1-3-5-14/h1-5,10-13,16-17,22H,6-9H2/b11-10+. The van der Waals surface area contributed by atoms with Crippen LogP contribution in [0.4, 0.5) is 4.39 Å². The van der Waals surface area contributed by atoms with Gasteiger partial charge in [-0.25, -0.2) is 27.5 Å². The third kappa shape index (κ3) is 5.60. The minimum absolute atomic E-state index is 0.0962. The van der Waals surface area contributed by atoms with Crippen molar-refractivity contribution in [3.05, 3.63) is 59.5 Å². The first-order valence-electron chi connectivity index (χ1n) is 8.40. The molecule has 3 rings (SSSR count). The molecule has 0 saturated heterocycles. The Kier molecular flexibility index (Phi) is 5.95. The lowest BCUT2D eigenvalue weighted by molar-refractivity contribution is 0.132. The summed E-state index contributed by atoms with van der Waals surface area (Å²) in [5, 5.41) is 1.19. The molecule has 26 heavy (non-hydrogen) atoms. The molecule has 0 bridgehead atoms. The Labute approximate surface area is 152 Å². The van der Waals surface area contributed by atoms with E-state index in [2.05, 4.69) is 14.7 Å². The van der Waals surface area contributed by atoms with E-state index in [4.69, 9.17) is 4.74 Å². The normalized spacial score (nSPS) is 21.0. The maximum absolute atomic E-state index is 12.8. The molecule has 0 atom stereocenters. The number of hydrogen-bond donors (Lipinski definition) is 1. The van der Waals surface area contributed by atoms with Gasteiger partial charge in [0.2, 0.25) is 10.0 Å². The molecule has 0 aliphatic heterocycles. The van der Waals surface area contributed by atoms with Gasteiger partial charge >= 0.3 is 6.01 Å². The molecule has 0 spiro atoms. The Morgan fingerprint density at radius 1 is 1.08 bits per heavy atom. The van der Waals surface area contributed by atoms with Crippen LogP contribution in [0.25, 0.3) is 6.08 Å². The van der Waals surface area contributed by atoms with Gasteiger partial charge in [0.25, 0.3) is 0 Å². The highest BCUT2D eigenvalue weighted by Crippen LogP contribution is 2.22. The van der Waals surface area contributed by atoms with E-state index >= 15 is 0 Å². The number of rotatable bonds is 6. The zero-order valence-corrected chi connectivity index (χ0v) is 14.9. The Morgan fingerprint density at radius 2 is 1.73 bits per heavy atom.